The van der Waals surface area contributed by atoms with E-state index in [2.05, 4.69) is 9.88 Å². The largest absolute Gasteiger partial charge is 0.477 e. The number of amides is 1. The molecule has 0 bridgehead atoms. The molecule has 0 unspecified atom stereocenters. The van der Waals surface area contributed by atoms with Gasteiger partial charge in [0.05, 0.1) is 17.1 Å². The Hall–Kier alpha value is -2.70. The molecule has 0 aliphatic carbocycles. The van der Waals surface area contributed by atoms with Gasteiger partial charge in [-0.25, -0.2) is 4.79 Å². The molecular weight excluding hydrogens is 425 g/mol. The van der Waals surface area contributed by atoms with Gasteiger partial charge in [-0.15, -0.1) is 0 Å². The fourth-order valence-corrected chi connectivity index (χ4v) is 4.57. The van der Waals surface area contributed by atoms with E-state index in [1.54, 1.807) is 23.1 Å². The molecule has 0 spiro atoms. The first-order chi connectivity index (χ1) is 14.3. The van der Waals surface area contributed by atoms with E-state index in [1.807, 2.05) is 25.1 Å². The van der Waals surface area contributed by atoms with Crippen molar-refractivity contribution in [3.05, 3.63) is 63.3 Å². The first-order valence-electron chi connectivity index (χ1n) is 9.66. The van der Waals surface area contributed by atoms with Crippen LogP contribution in [0.5, 0.6) is 0 Å². The SMILES string of the molecule is Cc1cccc(Cl)c1N1CCN(C(=O)Cc2c(C(=O)O)[nH]c3ccc(Cl)cc23)CC1. The van der Waals surface area contributed by atoms with Crippen molar-refractivity contribution in [3.8, 4) is 0 Å². The van der Waals surface area contributed by atoms with E-state index in [4.69, 9.17) is 23.2 Å². The monoisotopic (exact) mass is 445 g/mol. The summed E-state index contributed by atoms with van der Waals surface area (Å²) in [6.07, 6.45) is 0.00704. The molecule has 1 fully saturated rings. The van der Waals surface area contributed by atoms with E-state index < -0.39 is 5.97 Å². The van der Waals surface area contributed by atoms with Gasteiger partial charge in [-0.1, -0.05) is 35.3 Å². The maximum atomic E-state index is 13.0. The number of aryl methyl sites for hydroxylation is 1. The summed E-state index contributed by atoms with van der Waals surface area (Å²) in [7, 11) is 0. The fraction of sp³-hybridized carbons (Fsp3) is 0.273. The first kappa shape index (κ1) is 20.6. The normalized spacial score (nSPS) is 14.4. The number of aromatic amines is 1. The van der Waals surface area contributed by atoms with Crippen LogP contribution in [0.4, 0.5) is 5.69 Å². The second-order valence-electron chi connectivity index (χ2n) is 7.42. The maximum absolute atomic E-state index is 13.0. The number of fused-ring (bicyclic) bond motifs is 1. The minimum absolute atomic E-state index is 0.00704. The number of aromatic carboxylic acids is 1. The zero-order valence-electron chi connectivity index (χ0n) is 16.4. The number of carboxylic acids is 1. The van der Waals surface area contributed by atoms with Gasteiger partial charge in [-0.05, 0) is 36.8 Å². The molecule has 1 saturated heterocycles. The molecule has 1 aliphatic heterocycles. The Labute approximate surface area is 184 Å². The van der Waals surface area contributed by atoms with Crippen molar-refractivity contribution in [1.29, 1.82) is 0 Å². The lowest BCUT2D eigenvalue weighted by molar-refractivity contribution is -0.130. The number of nitrogens with one attached hydrogen (secondary N) is 1. The highest BCUT2D eigenvalue weighted by molar-refractivity contribution is 6.33. The van der Waals surface area contributed by atoms with Crippen molar-refractivity contribution in [1.82, 2.24) is 9.88 Å². The highest BCUT2D eigenvalue weighted by Gasteiger charge is 2.26. The number of hydrogen-bond donors (Lipinski definition) is 2. The number of carboxylic acid groups (broad SMARTS) is 1. The maximum Gasteiger partial charge on any atom is 0.352 e. The Bertz CT molecular complexity index is 1110. The Morgan fingerprint density at radius 3 is 2.50 bits per heavy atom. The Balaban J connectivity index is 1.51. The third-order valence-corrected chi connectivity index (χ3v) is 6.09. The van der Waals surface area contributed by atoms with Crippen LogP contribution in [0.15, 0.2) is 36.4 Å². The summed E-state index contributed by atoms with van der Waals surface area (Å²) in [4.78, 5) is 31.5. The van der Waals surface area contributed by atoms with Gasteiger partial charge in [-0.3, -0.25) is 4.79 Å². The van der Waals surface area contributed by atoms with Crippen LogP contribution in [0.3, 0.4) is 0 Å². The van der Waals surface area contributed by atoms with Crippen LogP contribution in [0.25, 0.3) is 10.9 Å². The van der Waals surface area contributed by atoms with Crippen molar-refractivity contribution in [2.24, 2.45) is 0 Å². The summed E-state index contributed by atoms with van der Waals surface area (Å²) in [6.45, 7) is 4.46. The number of H-pyrrole nitrogens is 1. The lowest BCUT2D eigenvalue weighted by atomic mass is 10.1. The van der Waals surface area contributed by atoms with Gasteiger partial charge >= 0.3 is 5.97 Å². The van der Waals surface area contributed by atoms with Crippen LogP contribution in [0.2, 0.25) is 10.0 Å². The molecule has 2 heterocycles. The number of halogens is 2. The highest BCUT2D eigenvalue weighted by atomic mass is 35.5. The van der Waals surface area contributed by atoms with Gasteiger partial charge < -0.3 is 19.9 Å². The fourth-order valence-electron chi connectivity index (χ4n) is 4.05. The molecule has 0 radical (unpaired) electrons. The topological polar surface area (TPSA) is 76.6 Å². The van der Waals surface area contributed by atoms with Crippen molar-refractivity contribution in [2.45, 2.75) is 13.3 Å². The number of nitrogens with zero attached hydrogens (tertiary/aromatic N) is 2. The molecule has 156 valence electrons. The van der Waals surface area contributed by atoms with Gasteiger partial charge in [0.15, 0.2) is 0 Å². The predicted octanol–water partition coefficient (Wildman–Crippen LogP) is 4.37. The van der Waals surface area contributed by atoms with Crippen molar-refractivity contribution >= 4 is 51.7 Å². The summed E-state index contributed by atoms with van der Waals surface area (Å²) < 4.78 is 0. The number of anilines is 1. The van der Waals surface area contributed by atoms with Gasteiger partial charge in [0.1, 0.15) is 5.69 Å². The zero-order valence-corrected chi connectivity index (χ0v) is 17.9. The molecule has 0 atom stereocenters. The minimum Gasteiger partial charge on any atom is -0.477 e. The highest BCUT2D eigenvalue weighted by Crippen LogP contribution is 2.31. The summed E-state index contributed by atoms with van der Waals surface area (Å²) in [5.41, 5.74) is 3.26. The smallest absolute Gasteiger partial charge is 0.352 e. The van der Waals surface area contributed by atoms with Gasteiger partial charge in [0.25, 0.3) is 0 Å². The summed E-state index contributed by atoms with van der Waals surface area (Å²) in [6, 6.07) is 10.9. The van der Waals surface area contributed by atoms with E-state index in [0.717, 1.165) is 11.3 Å². The first-order valence-corrected chi connectivity index (χ1v) is 10.4. The van der Waals surface area contributed by atoms with Gasteiger partial charge in [-0.2, -0.15) is 0 Å². The third-order valence-electron chi connectivity index (χ3n) is 5.55. The molecule has 2 N–H and O–H groups in total. The van der Waals surface area contributed by atoms with Crippen LogP contribution in [0, 0.1) is 6.92 Å². The van der Waals surface area contributed by atoms with E-state index in [-0.39, 0.29) is 18.0 Å². The summed E-state index contributed by atoms with van der Waals surface area (Å²) >= 11 is 12.5. The number of para-hydroxylation sites is 1. The number of hydrogen-bond acceptors (Lipinski definition) is 3. The molecule has 3 aromatic rings. The number of benzene rings is 2. The van der Waals surface area contributed by atoms with E-state index >= 15 is 0 Å². The average Bonchev–Trinajstić information content (AvgIpc) is 3.06. The zero-order chi connectivity index (χ0) is 21.4. The molecule has 8 heteroatoms. The third kappa shape index (κ3) is 3.85. The van der Waals surface area contributed by atoms with Crippen LogP contribution in [-0.4, -0.2) is 53.0 Å². The van der Waals surface area contributed by atoms with E-state index in [0.29, 0.717) is 52.7 Å². The molecular formula is C22H21Cl2N3O3. The minimum atomic E-state index is -1.09. The van der Waals surface area contributed by atoms with Crippen LogP contribution in [-0.2, 0) is 11.2 Å². The van der Waals surface area contributed by atoms with E-state index in [9.17, 15) is 14.7 Å². The second kappa shape index (κ2) is 8.20. The molecule has 0 saturated carbocycles. The molecule has 1 aliphatic rings. The summed E-state index contributed by atoms with van der Waals surface area (Å²) in [5.74, 6) is -1.20. The van der Waals surface area contributed by atoms with E-state index in [1.165, 1.54) is 0 Å². The number of aromatic nitrogens is 1. The van der Waals surface area contributed by atoms with Crippen LogP contribution >= 0.6 is 23.2 Å². The Morgan fingerprint density at radius 2 is 1.83 bits per heavy atom. The lowest BCUT2D eigenvalue weighted by Crippen LogP contribution is -2.49. The molecule has 1 aromatic heterocycles. The van der Waals surface area contributed by atoms with Crippen molar-refractivity contribution < 1.29 is 14.7 Å². The molecule has 6 nitrogen and oxygen atoms in total. The number of piperazine rings is 1. The Morgan fingerprint density at radius 1 is 1.10 bits per heavy atom. The van der Waals surface area contributed by atoms with Crippen molar-refractivity contribution in [2.75, 3.05) is 31.1 Å². The number of rotatable bonds is 4. The number of carbonyl (C=O) groups is 2. The molecule has 2 aromatic carbocycles. The molecule has 4 rings (SSSR count). The second-order valence-corrected chi connectivity index (χ2v) is 8.27. The molecule has 1 amide bonds. The quantitative estimate of drug-likeness (QED) is 0.624. The van der Waals surface area contributed by atoms with Crippen molar-refractivity contribution in [3.63, 3.8) is 0 Å². The average molecular weight is 446 g/mol. The molecule has 30 heavy (non-hydrogen) atoms. The lowest BCUT2D eigenvalue weighted by Gasteiger charge is -2.37. The summed E-state index contributed by atoms with van der Waals surface area (Å²) in [5, 5.41) is 11.4. The Kier molecular flexibility index (Phi) is 5.62. The van der Waals surface area contributed by atoms with Gasteiger partial charge in [0, 0.05) is 47.7 Å². The van der Waals surface area contributed by atoms with Crippen LogP contribution < -0.4 is 4.90 Å². The number of carbonyl (C=O) groups excluding carboxylic acids is 1. The predicted molar refractivity (Wildman–Crippen MR) is 119 cm³/mol. The standard InChI is InChI=1S/C22H21Cl2N3O3/c1-13-3-2-4-17(24)21(13)27-9-7-26(8-10-27)19(28)12-16-15-11-14(23)5-6-18(15)25-20(16)22(29)30/h2-6,11,25H,7-10,12H2,1H3,(H,29,30). The van der Waals surface area contributed by atoms with Gasteiger partial charge in [0.2, 0.25) is 5.91 Å². The van der Waals surface area contributed by atoms with Crippen LogP contribution in [0.1, 0.15) is 21.6 Å².